The Morgan fingerprint density at radius 2 is 1.93 bits per heavy atom. The van der Waals surface area contributed by atoms with Gasteiger partial charge < -0.3 is 0 Å². The predicted octanol–water partition coefficient (Wildman–Crippen LogP) is 1.57. The Morgan fingerprint density at radius 1 is 1.21 bits per heavy atom. The van der Waals surface area contributed by atoms with Gasteiger partial charge in [0.05, 0.1) is 11.2 Å². The maximum Gasteiger partial charge on any atom is 0.240 e. The molecule has 1 aliphatic rings. The lowest BCUT2D eigenvalue weighted by molar-refractivity contribution is -0.125. The Balaban J connectivity index is 2.58. The first-order chi connectivity index (χ1) is 6.70. The van der Waals surface area contributed by atoms with E-state index in [9.17, 15) is 9.59 Å². The third-order valence-electron chi connectivity index (χ3n) is 2.31. The summed E-state index contributed by atoms with van der Waals surface area (Å²) in [5.74, 6) is 0.687. The van der Waals surface area contributed by atoms with Gasteiger partial charge in [-0.05, 0) is 18.6 Å². The Hall–Kier alpha value is -0.510. The van der Waals surface area contributed by atoms with Crippen molar-refractivity contribution in [3.8, 4) is 0 Å². The summed E-state index contributed by atoms with van der Waals surface area (Å²) in [6.07, 6.45) is 2.81. The van der Waals surface area contributed by atoms with E-state index >= 15 is 0 Å². The Labute approximate surface area is 89.0 Å². The lowest BCUT2D eigenvalue weighted by atomic mass is 10.0. The lowest BCUT2D eigenvalue weighted by Crippen LogP contribution is -2.23. The van der Waals surface area contributed by atoms with Crippen LogP contribution >= 0.6 is 11.8 Å². The van der Waals surface area contributed by atoms with Gasteiger partial charge in [0, 0.05) is 0 Å². The quantitative estimate of drug-likeness (QED) is 0.708. The number of amides is 2. The van der Waals surface area contributed by atoms with Gasteiger partial charge in [0.2, 0.25) is 11.8 Å². The molecule has 80 valence electrons. The van der Waals surface area contributed by atoms with Crippen molar-refractivity contribution in [2.24, 2.45) is 5.92 Å². The molecule has 0 aliphatic carbocycles. The molecule has 1 heterocycles. The molecule has 0 aromatic carbocycles. The molecule has 0 bridgehead atoms. The van der Waals surface area contributed by atoms with Crippen LogP contribution in [0.5, 0.6) is 0 Å². The second-order valence-electron chi connectivity index (χ2n) is 3.54. The fourth-order valence-corrected chi connectivity index (χ4v) is 2.83. The molecule has 4 heteroatoms. The highest BCUT2D eigenvalue weighted by atomic mass is 32.2. The third kappa shape index (κ3) is 2.50. The largest absolute Gasteiger partial charge is 0.295 e. The number of thioether (sulfide) groups is 1. The van der Waals surface area contributed by atoms with Gasteiger partial charge in [-0.25, -0.2) is 0 Å². The van der Waals surface area contributed by atoms with Gasteiger partial charge in [0.25, 0.3) is 0 Å². The van der Waals surface area contributed by atoms with Crippen LogP contribution in [0.15, 0.2) is 0 Å². The summed E-state index contributed by atoms with van der Waals surface area (Å²) >= 11 is 1.61. The fraction of sp³-hybridized carbons (Fsp3) is 0.800. The SMILES string of the molecule is CCCSC1C(=O)NC(=O)C1CCC. The highest BCUT2D eigenvalue weighted by Gasteiger charge is 2.40. The molecule has 1 rings (SSSR count). The third-order valence-corrected chi connectivity index (χ3v) is 3.85. The van der Waals surface area contributed by atoms with E-state index in [2.05, 4.69) is 12.2 Å². The monoisotopic (exact) mass is 215 g/mol. The van der Waals surface area contributed by atoms with E-state index in [0.717, 1.165) is 25.0 Å². The van der Waals surface area contributed by atoms with Crippen LogP contribution in [-0.4, -0.2) is 22.8 Å². The van der Waals surface area contributed by atoms with E-state index < -0.39 is 0 Å². The van der Waals surface area contributed by atoms with E-state index in [1.807, 2.05) is 6.92 Å². The second kappa shape index (κ2) is 5.39. The Kier molecular flexibility index (Phi) is 4.45. The van der Waals surface area contributed by atoms with E-state index in [4.69, 9.17) is 0 Å². The van der Waals surface area contributed by atoms with Crippen LogP contribution in [0.3, 0.4) is 0 Å². The van der Waals surface area contributed by atoms with Crippen LogP contribution in [0.2, 0.25) is 0 Å². The first kappa shape index (κ1) is 11.6. The summed E-state index contributed by atoms with van der Waals surface area (Å²) in [4.78, 5) is 22.8. The molecular formula is C10H17NO2S. The van der Waals surface area contributed by atoms with Crippen molar-refractivity contribution < 1.29 is 9.59 Å². The van der Waals surface area contributed by atoms with Gasteiger partial charge in [0.1, 0.15) is 0 Å². The highest BCUT2D eigenvalue weighted by molar-refractivity contribution is 8.00. The number of hydrogen-bond acceptors (Lipinski definition) is 3. The van der Waals surface area contributed by atoms with Crippen molar-refractivity contribution in [2.75, 3.05) is 5.75 Å². The Morgan fingerprint density at radius 3 is 2.50 bits per heavy atom. The van der Waals surface area contributed by atoms with Crippen LogP contribution in [-0.2, 0) is 9.59 Å². The fourth-order valence-electron chi connectivity index (χ4n) is 1.64. The zero-order chi connectivity index (χ0) is 10.6. The first-order valence-corrected chi connectivity index (χ1v) is 6.21. The van der Waals surface area contributed by atoms with Crippen molar-refractivity contribution in [3.63, 3.8) is 0 Å². The molecule has 0 spiro atoms. The molecule has 0 aromatic heterocycles. The number of hydrogen-bond donors (Lipinski definition) is 1. The van der Waals surface area contributed by atoms with Gasteiger partial charge in [-0.15, -0.1) is 11.8 Å². The average Bonchev–Trinajstić information content (AvgIpc) is 2.40. The molecule has 3 nitrogen and oxygen atoms in total. The van der Waals surface area contributed by atoms with E-state index in [-0.39, 0.29) is 23.0 Å². The number of carbonyl (C=O) groups is 2. The summed E-state index contributed by atoms with van der Waals surface area (Å²) in [6, 6.07) is 0. The second-order valence-corrected chi connectivity index (χ2v) is 4.79. The molecule has 1 saturated heterocycles. The Bertz CT molecular complexity index is 230. The van der Waals surface area contributed by atoms with Gasteiger partial charge in [-0.2, -0.15) is 0 Å². The predicted molar refractivity (Wildman–Crippen MR) is 58.1 cm³/mol. The van der Waals surface area contributed by atoms with Crippen molar-refractivity contribution in [1.29, 1.82) is 0 Å². The van der Waals surface area contributed by atoms with Crippen molar-refractivity contribution in [3.05, 3.63) is 0 Å². The standard InChI is InChI=1S/C10H17NO2S/c1-3-5-7-8(14-6-4-2)10(13)11-9(7)12/h7-8H,3-6H2,1-2H3,(H,11,12,13). The molecule has 1 fully saturated rings. The van der Waals surface area contributed by atoms with Crippen LogP contribution in [0.4, 0.5) is 0 Å². The van der Waals surface area contributed by atoms with Crippen LogP contribution in [0, 0.1) is 5.92 Å². The molecule has 2 unspecified atom stereocenters. The van der Waals surface area contributed by atoms with Gasteiger partial charge in [0.15, 0.2) is 0 Å². The number of imide groups is 1. The van der Waals surface area contributed by atoms with Gasteiger partial charge >= 0.3 is 0 Å². The van der Waals surface area contributed by atoms with Crippen molar-refractivity contribution >= 4 is 23.6 Å². The molecule has 0 saturated carbocycles. The summed E-state index contributed by atoms with van der Waals surface area (Å²) < 4.78 is 0. The smallest absolute Gasteiger partial charge is 0.240 e. The molecule has 2 amide bonds. The van der Waals surface area contributed by atoms with Gasteiger partial charge in [-0.1, -0.05) is 20.3 Å². The zero-order valence-corrected chi connectivity index (χ0v) is 9.52. The number of carbonyl (C=O) groups excluding carboxylic acids is 2. The van der Waals surface area contributed by atoms with E-state index in [0.29, 0.717) is 0 Å². The molecule has 1 N–H and O–H groups in total. The summed E-state index contributed by atoms with van der Waals surface area (Å²) in [5.41, 5.74) is 0. The summed E-state index contributed by atoms with van der Waals surface area (Å²) in [6.45, 7) is 4.12. The topological polar surface area (TPSA) is 46.2 Å². The number of nitrogens with one attached hydrogen (secondary N) is 1. The minimum atomic E-state index is -0.137. The normalized spacial score (nSPS) is 26.7. The maximum absolute atomic E-state index is 11.4. The minimum Gasteiger partial charge on any atom is -0.295 e. The van der Waals surface area contributed by atoms with Crippen molar-refractivity contribution in [2.45, 2.75) is 38.4 Å². The van der Waals surface area contributed by atoms with Crippen LogP contribution < -0.4 is 5.32 Å². The lowest BCUT2D eigenvalue weighted by Gasteiger charge is -2.13. The molecular weight excluding hydrogens is 198 g/mol. The van der Waals surface area contributed by atoms with E-state index in [1.54, 1.807) is 11.8 Å². The molecule has 0 aromatic rings. The van der Waals surface area contributed by atoms with Crippen LogP contribution in [0.1, 0.15) is 33.1 Å². The van der Waals surface area contributed by atoms with E-state index in [1.165, 1.54) is 0 Å². The molecule has 0 radical (unpaired) electrons. The summed E-state index contributed by atoms with van der Waals surface area (Å²) in [5, 5.41) is 2.28. The molecule has 14 heavy (non-hydrogen) atoms. The maximum atomic E-state index is 11.4. The number of rotatable bonds is 5. The first-order valence-electron chi connectivity index (χ1n) is 5.17. The highest BCUT2D eigenvalue weighted by Crippen LogP contribution is 2.28. The zero-order valence-electron chi connectivity index (χ0n) is 8.71. The average molecular weight is 215 g/mol. The van der Waals surface area contributed by atoms with Crippen LogP contribution in [0.25, 0.3) is 0 Å². The minimum absolute atomic E-state index is 0.0783. The molecule has 2 atom stereocenters. The molecule has 1 aliphatic heterocycles. The van der Waals surface area contributed by atoms with Crippen molar-refractivity contribution in [1.82, 2.24) is 5.32 Å². The summed E-state index contributed by atoms with van der Waals surface area (Å²) in [7, 11) is 0. The van der Waals surface area contributed by atoms with Gasteiger partial charge in [-0.3, -0.25) is 14.9 Å².